The lowest BCUT2D eigenvalue weighted by Gasteiger charge is -2.35. The summed E-state index contributed by atoms with van der Waals surface area (Å²) in [5, 5.41) is 7.11. The SMILES string of the molecule is CCNC(=S)NC1(C)CCCOC1. The molecule has 0 aliphatic carbocycles. The number of hydrogen-bond acceptors (Lipinski definition) is 2. The van der Waals surface area contributed by atoms with Crippen LogP contribution in [0.25, 0.3) is 0 Å². The Bertz CT molecular complexity index is 178. The molecule has 1 atom stereocenters. The van der Waals surface area contributed by atoms with Gasteiger partial charge in [-0.15, -0.1) is 0 Å². The molecule has 0 aromatic carbocycles. The van der Waals surface area contributed by atoms with Crippen LogP contribution in [0.2, 0.25) is 0 Å². The Kier molecular flexibility index (Phi) is 3.93. The quantitative estimate of drug-likeness (QED) is 0.656. The lowest BCUT2D eigenvalue weighted by Crippen LogP contribution is -2.54. The number of thiocarbonyl (C=S) groups is 1. The second-order valence-electron chi connectivity index (χ2n) is 3.70. The first-order valence-electron chi connectivity index (χ1n) is 4.80. The first-order valence-corrected chi connectivity index (χ1v) is 5.21. The van der Waals surface area contributed by atoms with Crippen molar-refractivity contribution in [3.8, 4) is 0 Å². The number of nitrogens with one attached hydrogen (secondary N) is 2. The molecule has 0 aromatic heterocycles. The van der Waals surface area contributed by atoms with Gasteiger partial charge in [-0.25, -0.2) is 0 Å². The van der Waals surface area contributed by atoms with Crippen molar-refractivity contribution in [1.82, 2.24) is 10.6 Å². The fourth-order valence-electron chi connectivity index (χ4n) is 1.51. The molecule has 4 heteroatoms. The minimum atomic E-state index is 0.0253. The summed E-state index contributed by atoms with van der Waals surface area (Å²) in [6.07, 6.45) is 2.23. The second kappa shape index (κ2) is 4.77. The van der Waals surface area contributed by atoms with Crippen molar-refractivity contribution in [1.29, 1.82) is 0 Å². The predicted octanol–water partition coefficient (Wildman–Crippen LogP) is 1.04. The Morgan fingerprint density at radius 1 is 1.62 bits per heavy atom. The van der Waals surface area contributed by atoms with Crippen LogP contribution in [0.5, 0.6) is 0 Å². The van der Waals surface area contributed by atoms with Crippen molar-refractivity contribution in [2.45, 2.75) is 32.2 Å². The van der Waals surface area contributed by atoms with Crippen LogP contribution in [-0.4, -0.2) is 30.4 Å². The summed E-state index contributed by atoms with van der Waals surface area (Å²) in [4.78, 5) is 0. The zero-order valence-electron chi connectivity index (χ0n) is 8.35. The third kappa shape index (κ3) is 3.48. The van der Waals surface area contributed by atoms with Crippen LogP contribution in [0.1, 0.15) is 26.7 Å². The Morgan fingerprint density at radius 3 is 2.92 bits per heavy atom. The Morgan fingerprint density at radius 2 is 2.38 bits per heavy atom. The normalized spacial score (nSPS) is 28.2. The van der Waals surface area contributed by atoms with Gasteiger partial charge >= 0.3 is 0 Å². The van der Waals surface area contributed by atoms with E-state index in [1.165, 1.54) is 0 Å². The van der Waals surface area contributed by atoms with E-state index in [4.69, 9.17) is 17.0 Å². The van der Waals surface area contributed by atoms with E-state index >= 15 is 0 Å². The largest absolute Gasteiger partial charge is 0.379 e. The van der Waals surface area contributed by atoms with Crippen LogP contribution in [0, 0.1) is 0 Å². The minimum absolute atomic E-state index is 0.0253. The first kappa shape index (κ1) is 10.7. The number of ether oxygens (including phenoxy) is 1. The number of rotatable bonds is 2. The summed E-state index contributed by atoms with van der Waals surface area (Å²) in [7, 11) is 0. The molecule has 0 saturated carbocycles. The molecule has 1 heterocycles. The van der Waals surface area contributed by atoms with Gasteiger partial charge in [0.1, 0.15) is 0 Å². The van der Waals surface area contributed by atoms with Crippen LogP contribution >= 0.6 is 12.2 Å². The molecule has 0 spiro atoms. The van der Waals surface area contributed by atoms with Crippen molar-refractivity contribution in [2.24, 2.45) is 0 Å². The Hall–Kier alpha value is -0.350. The van der Waals surface area contributed by atoms with Crippen molar-refractivity contribution in [3.05, 3.63) is 0 Å². The summed E-state index contributed by atoms with van der Waals surface area (Å²) in [5.41, 5.74) is 0.0253. The standard InChI is InChI=1S/C9H18N2OS/c1-3-10-8(13)11-9(2)5-4-6-12-7-9/h3-7H2,1-2H3,(H2,10,11,13). The summed E-state index contributed by atoms with van der Waals surface area (Å²) in [6.45, 7) is 6.68. The molecule has 13 heavy (non-hydrogen) atoms. The molecule has 76 valence electrons. The summed E-state index contributed by atoms with van der Waals surface area (Å²) in [5.74, 6) is 0. The van der Waals surface area contributed by atoms with E-state index in [-0.39, 0.29) is 5.54 Å². The molecule has 0 bridgehead atoms. The van der Waals surface area contributed by atoms with Gasteiger partial charge in [-0.1, -0.05) is 0 Å². The third-order valence-corrected chi connectivity index (χ3v) is 2.44. The summed E-state index contributed by atoms with van der Waals surface area (Å²) in [6, 6.07) is 0. The van der Waals surface area contributed by atoms with E-state index < -0.39 is 0 Å². The monoisotopic (exact) mass is 202 g/mol. The fourth-order valence-corrected chi connectivity index (χ4v) is 1.90. The van der Waals surface area contributed by atoms with E-state index in [1.54, 1.807) is 0 Å². The van der Waals surface area contributed by atoms with Gasteiger partial charge in [-0.3, -0.25) is 0 Å². The Balaban J connectivity index is 2.36. The topological polar surface area (TPSA) is 33.3 Å². The van der Waals surface area contributed by atoms with E-state index in [0.29, 0.717) is 0 Å². The minimum Gasteiger partial charge on any atom is -0.379 e. The molecule has 1 aliphatic heterocycles. The maximum atomic E-state index is 5.41. The molecule has 1 saturated heterocycles. The fraction of sp³-hybridized carbons (Fsp3) is 0.889. The molecule has 0 aromatic rings. The molecule has 1 aliphatic rings. The van der Waals surface area contributed by atoms with E-state index in [2.05, 4.69) is 17.6 Å². The maximum absolute atomic E-state index is 5.41. The lowest BCUT2D eigenvalue weighted by atomic mass is 9.95. The van der Waals surface area contributed by atoms with Crippen LogP contribution in [0.3, 0.4) is 0 Å². The lowest BCUT2D eigenvalue weighted by molar-refractivity contribution is 0.0370. The van der Waals surface area contributed by atoms with Crippen LogP contribution < -0.4 is 10.6 Å². The molecule has 3 nitrogen and oxygen atoms in total. The van der Waals surface area contributed by atoms with Gasteiger partial charge in [0.25, 0.3) is 0 Å². The summed E-state index contributed by atoms with van der Waals surface area (Å²) < 4.78 is 5.41. The molecular weight excluding hydrogens is 184 g/mol. The van der Waals surface area contributed by atoms with Crippen LogP contribution in [-0.2, 0) is 4.74 Å². The van der Waals surface area contributed by atoms with Gasteiger partial charge in [-0.05, 0) is 38.9 Å². The zero-order valence-corrected chi connectivity index (χ0v) is 9.17. The molecule has 1 rings (SSSR count). The zero-order chi connectivity index (χ0) is 9.73. The second-order valence-corrected chi connectivity index (χ2v) is 4.11. The molecule has 1 unspecified atom stereocenters. The molecule has 0 radical (unpaired) electrons. The first-order chi connectivity index (χ1) is 6.16. The number of hydrogen-bond donors (Lipinski definition) is 2. The predicted molar refractivity (Wildman–Crippen MR) is 57.9 cm³/mol. The van der Waals surface area contributed by atoms with E-state index in [1.807, 2.05) is 6.92 Å². The molecular formula is C9H18N2OS. The highest BCUT2D eigenvalue weighted by atomic mass is 32.1. The van der Waals surface area contributed by atoms with E-state index in [0.717, 1.165) is 37.7 Å². The van der Waals surface area contributed by atoms with Gasteiger partial charge in [0, 0.05) is 13.2 Å². The van der Waals surface area contributed by atoms with Gasteiger partial charge in [0.15, 0.2) is 5.11 Å². The van der Waals surface area contributed by atoms with Gasteiger partial charge < -0.3 is 15.4 Å². The molecule has 1 fully saturated rings. The highest BCUT2D eigenvalue weighted by Gasteiger charge is 2.27. The summed E-state index contributed by atoms with van der Waals surface area (Å²) >= 11 is 5.13. The Labute approximate surface area is 85.2 Å². The molecule has 0 amide bonds. The third-order valence-electron chi connectivity index (χ3n) is 2.19. The van der Waals surface area contributed by atoms with Crippen LogP contribution in [0.4, 0.5) is 0 Å². The van der Waals surface area contributed by atoms with Crippen molar-refractivity contribution in [3.63, 3.8) is 0 Å². The van der Waals surface area contributed by atoms with Crippen molar-refractivity contribution < 1.29 is 4.74 Å². The van der Waals surface area contributed by atoms with Crippen molar-refractivity contribution >= 4 is 17.3 Å². The highest BCUT2D eigenvalue weighted by molar-refractivity contribution is 7.80. The van der Waals surface area contributed by atoms with Crippen LogP contribution in [0.15, 0.2) is 0 Å². The van der Waals surface area contributed by atoms with Gasteiger partial charge in [-0.2, -0.15) is 0 Å². The van der Waals surface area contributed by atoms with Gasteiger partial charge in [0.2, 0.25) is 0 Å². The maximum Gasteiger partial charge on any atom is 0.166 e. The molecule has 2 N–H and O–H groups in total. The van der Waals surface area contributed by atoms with E-state index in [9.17, 15) is 0 Å². The smallest absolute Gasteiger partial charge is 0.166 e. The highest BCUT2D eigenvalue weighted by Crippen LogP contribution is 2.17. The average molecular weight is 202 g/mol. The average Bonchev–Trinajstić information content (AvgIpc) is 2.04. The van der Waals surface area contributed by atoms with Gasteiger partial charge in [0.05, 0.1) is 12.1 Å². The van der Waals surface area contributed by atoms with Crippen molar-refractivity contribution in [2.75, 3.05) is 19.8 Å².